The van der Waals surface area contributed by atoms with Gasteiger partial charge in [0, 0.05) is 0 Å². The van der Waals surface area contributed by atoms with Gasteiger partial charge in [0.25, 0.3) is 0 Å². The van der Waals surface area contributed by atoms with Crippen molar-refractivity contribution in [3.8, 4) is 0 Å². The van der Waals surface area contributed by atoms with Crippen LogP contribution in [-0.4, -0.2) is 27.2 Å². The third-order valence-corrected chi connectivity index (χ3v) is 3.24. The van der Waals surface area contributed by atoms with Gasteiger partial charge < -0.3 is 5.11 Å². The highest BCUT2D eigenvalue weighted by Crippen LogP contribution is 2.42. The van der Waals surface area contributed by atoms with E-state index in [-0.39, 0.29) is 0 Å². The molecule has 6 nitrogen and oxygen atoms in total. The smallest absolute Gasteiger partial charge is 0.319 e. The predicted molar refractivity (Wildman–Crippen MR) is 52.5 cm³/mol. The first kappa shape index (κ1) is 10.0. The molecule has 1 aliphatic carbocycles. The van der Waals surface area contributed by atoms with Crippen LogP contribution in [0.25, 0.3) is 0 Å². The Morgan fingerprint density at radius 3 is 2.67 bits per heavy atom. The molecular weight excluding hydrogens is 218 g/mol. The summed E-state index contributed by atoms with van der Waals surface area (Å²) < 4.78 is 0. The number of aliphatic carboxylic acids is 1. The van der Waals surface area contributed by atoms with Crippen LogP contribution in [0.4, 0.5) is 5.13 Å². The maximum atomic E-state index is 11.7. The second kappa shape index (κ2) is 3.58. The zero-order valence-corrected chi connectivity index (χ0v) is 8.58. The molecule has 0 radical (unpaired) electrons. The lowest BCUT2D eigenvalue weighted by Gasteiger charge is -2.35. The Morgan fingerprint density at radius 1 is 1.53 bits per heavy atom. The number of nitrogens with zero attached hydrogens (tertiary/aromatic N) is 2. The van der Waals surface area contributed by atoms with Gasteiger partial charge in [0.15, 0.2) is 0 Å². The van der Waals surface area contributed by atoms with Gasteiger partial charge in [-0.15, -0.1) is 10.2 Å². The summed E-state index contributed by atoms with van der Waals surface area (Å²) in [6.45, 7) is 0. The van der Waals surface area contributed by atoms with E-state index in [0.717, 1.165) is 6.42 Å². The molecule has 1 fully saturated rings. The van der Waals surface area contributed by atoms with Crippen molar-refractivity contribution in [3.05, 3.63) is 5.51 Å². The van der Waals surface area contributed by atoms with Crippen LogP contribution in [0.15, 0.2) is 5.51 Å². The highest BCUT2D eigenvalue weighted by molar-refractivity contribution is 7.13. The summed E-state index contributed by atoms with van der Waals surface area (Å²) in [6.07, 6.45) is 1.57. The van der Waals surface area contributed by atoms with Crippen molar-refractivity contribution in [2.24, 2.45) is 5.41 Å². The molecule has 0 atom stereocenters. The first-order valence-electron chi connectivity index (χ1n) is 4.46. The molecule has 2 N–H and O–H groups in total. The molecule has 0 saturated heterocycles. The molecule has 0 aromatic carbocycles. The van der Waals surface area contributed by atoms with Crippen LogP contribution in [0.5, 0.6) is 0 Å². The predicted octanol–water partition coefficient (Wildman–Crippen LogP) is 0.731. The zero-order chi connectivity index (χ0) is 10.9. The maximum absolute atomic E-state index is 11.7. The number of nitrogens with one attached hydrogen (secondary N) is 1. The van der Waals surface area contributed by atoms with Crippen molar-refractivity contribution in [1.82, 2.24) is 10.2 Å². The third kappa shape index (κ3) is 1.58. The summed E-state index contributed by atoms with van der Waals surface area (Å²) in [6, 6.07) is 0. The number of anilines is 1. The minimum absolute atomic E-state index is 0.340. The first-order valence-corrected chi connectivity index (χ1v) is 5.34. The second-order valence-electron chi connectivity index (χ2n) is 3.44. The quantitative estimate of drug-likeness (QED) is 0.743. The summed E-state index contributed by atoms with van der Waals surface area (Å²) in [5, 5.41) is 19.0. The Kier molecular flexibility index (Phi) is 2.39. The summed E-state index contributed by atoms with van der Waals surface area (Å²) >= 11 is 1.17. The Hall–Kier alpha value is -1.50. The molecule has 0 bridgehead atoms. The molecule has 0 spiro atoms. The average molecular weight is 227 g/mol. The van der Waals surface area contributed by atoms with Crippen LogP contribution in [0.3, 0.4) is 0 Å². The van der Waals surface area contributed by atoms with Crippen molar-refractivity contribution in [2.75, 3.05) is 5.32 Å². The molecule has 1 heterocycles. The van der Waals surface area contributed by atoms with E-state index in [1.807, 2.05) is 0 Å². The standard InChI is InChI=1S/C8H9N3O3S/c12-5(10-7-11-9-4-15-7)8(6(13)14)2-1-3-8/h4H,1-3H2,(H,13,14)(H,10,11,12). The van der Waals surface area contributed by atoms with E-state index < -0.39 is 17.3 Å². The Morgan fingerprint density at radius 2 is 2.27 bits per heavy atom. The number of carbonyl (C=O) groups excluding carboxylic acids is 1. The molecule has 1 aromatic heterocycles. The van der Waals surface area contributed by atoms with Gasteiger partial charge in [-0.3, -0.25) is 14.9 Å². The number of hydrogen-bond donors (Lipinski definition) is 2. The Balaban J connectivity index is 2.10. The van der Waals surface area contributed by atoms with Crippen LogP contribution in [-0.2, 0) is 9.59 Å². The van der Waals surface area contributed by atoms with Gasteiger partial charge in [0.2, 0.25) is 11.0 Å². The molecule has 80 valence electrons. The largest absolute Gasteiger partial charge is 0.480 e. The molecule has 7 heteroatoms. The Labute approximate surface area is 89.3 Å². The molecule has 1 aliphatic rings. The molecule has 15 heavy (non-hydrogen) atoms. The maximum Gasteiger partial charge on any atom is 0.319 e. The van der Waals surface area contributed by atoms with Gasteiger partial charge in [-0.25, -0.2) is 0 Å². The van der Waals surface area contributed by atoms with Crippen molar-refractivity contribution in [1.29, 1.82) is 0 Å². The first-order chi connectivity index (χ1) is 7.15. The molecule has 1 aromatic rings. The number of carboxylic acids is 1. The van der Waals surface area contributed by atoms with Crippen molar-refractivity contribution in [2.45, 2.75) is 19.3 Å². The van der Waals surface area contributed by atoms with E-state index in [1.54, 1.807) is 0 Å². The van der Waals surface area contributed by atoms with Crippen molar-refractivity contribution in [3.63, 3.8) is 0 Å². The van der Waals surface area contributed by atoms with Gasteiger partial charge in [0.1, 0.15) is 10.9 Å². The zero-order valence-electron chi connectivity index (χ0n) is 7.77. The minimum atomic E-state index is -1.24. The summed E-state index contributed by atoms with van der Waals surface area (Å²) in [5.41, 5.74) is 0.232. The van der Waals surface area contributed by atoms with Gasteiger partial charge in [0.05, 0.1) is 0 Å². The van der Waals surface area contributed by atoms with Crippen molar-refractivity contribution < 1.29 is 14.7 Å². The van der Waals surface area contributed by atoms with Gasteiger partial charge in [-0.2, -0.15) is 0 Å². The summed E-state index contributed by atoms with van der Waals surface area (Å²) in [4.78, 5) is 22.7. The lowest BCUT2D eigenvalue weighted by Crippen LogP contribution is -2.48. The van der Waals surface area contributed by atoms with E-state index in [0.29, 0.717) is 18.0 Å². The number of carboxylic acid groups (broad SMARTS) is 1. The number of amides is 1. The average Bonchev–Trinajstić information content (AvgIpc) is 2.53. The fourth-order valence-electron chi connectivity index (χ4n) is 1.51. The van der Waals surface area contributed by atoms with Gasteiger partial charge in [-0.1, -0.05) is 17.8 Å². The van der Waals surface area contributed by atoms with Crippen molar-refractivity contribution >= 4 is 28.3 Å². The Bertz CT molecular complexity index is 386. The minimum Gasteiger partial charge on any atom is -0.480 e. The summed E-state index contributed by atoms with van der Waals surface area (Å²) in [5.74, 6) is -1.55. The molecule has 0 aliphatic heterocycles. The SMILES string of the molecule is O=C(O)C1(C(=O)Nc2nncs2)CCC1. The van der Waals surface area contributed by atoms with Gasteiger partial charge >= 0.3 is 5.97 Å². The van der Waals surface area contributed by atoms with Crippen LogP contribution >= 0.6 is 11.3 Å². The molecule has 1 amide bonds. The normalized spacial score (nSPS) is 17.9. The number of aromatic nitrogens is 2. The van der Waals surface area contributed by atoms with E-state index >= 15 is 0 Å². The lowest BCUT2D eigenvalue weighted by molar-refractivity contribution is -0.159. The number of rotatable bonds is 3. The van der Waals surface area contributed by atoms with Crippen LogP contribution in [0.2, 0.25) is 0 Å². The lowest BCUT2D eigenvalue weighted by atomic mass is 9.68. The molecule has 2 rings (SSSR count). The number of hydrogen-bond acceptors (Lipinski definition) is 5. The molecule has 1 saturated carbocycles. The van der Waals surface area contributed by atoms with Gasteiger partial charge in [-0.05, 0) is 12.8 Å². The highest BCUT2D eigenvalue weighted by atomic mass is 32.1. The molecular formula is C8H9N3O3S. The second-order valence-corrected chi connectivity index (χ2v) is 4.27. The van der Waals surface area contributed by atoms with E-state index in [1.165, 1.54) is 16.8 Å². The van der Waals surface area contributed by atoms with Crippen LogP contribution in [0.1, 0.15) is 19.3 Å². The van der Waals surface area contributed by atoms with Crippen LogP contribution < -0.4 is 5.32 Å². The number of carbonyl (C=O) groups is 2. The van der Waals surface area contributed by atoms with E-state index in [4.69, 9.17) is 5.11 Å². The monoisotopic (exact) mass is 227 g/mol. The highest BCUT2D eigenvalue weighted by Gasteiger charge is 2.51. The fourth-order valence-corrected chi connectivity index (χ4v) is 1.95. The van der Waals surface area contributed by atoms with Crippen LogP contribution in [0, 0.1) is 5.41 Å². The van der Waals surface area contributed by atoms with E-state index in [9.17, 15) is 9.59 Å². The fraction of sp³-hybridized carbons (Fsp3) is 0.500. The third-order valence-electron chi connectivity index (χ3n) is 2.63. The molecule has 0 unspecified atom stereocenters. The topological polar surface area (TPSA) is 92.2 Å². The van der Waals surface area contributed by atoms with E-state index in [2.05, 4.69) is 15.5 Å². The summed E-state index contributed by atoms with van der Waals surface area (Å²) in [7, 11) is 0.